The SMILES string of the molecule is CCOC(=O)c1c(Nc2oc(C)c(C(=O)OC)c2C#N)nnc(-c2ccccc2)c1-c1ccccc1. The molecule has 9 nitrogen and oxygen atoms in total. The largest absolute Gasteiger partial charge is 0.465 e. The summed E-state index contributed by atoms with van der Waals surface area (Å²) >= 11 is 0. The number of nitrogens with zero attached hydrogens (tertiary/aromatic N) is 3. The van der Waals surface area contributed by atoms with Crippen LogP contribution in [0.3, 0.4) is 0 Å². The Morgan fingerprint density at radius 3 is 2.19 bits per heavy atom. The standard InChI is InChI=1S/C27H22N4O5/c1-4-35-27(33)22-21(17-11-7-5-8-12-17)23(18-13-9-6-10-14-18)30-31-24(22)29-25-19(15-28)20(16(2)36-25)26(32)34-3/h5-14H,4H2,1-3H3,(H,29,31). The van der Waals surface area contributed by atoms with Crippen LogP contribution in [0.25, 0.3) is 22.4 Å². The van der Waals surface area contributed by atoms with Gasteiger partial charge < -0.3 is 19.2 Å². The highest BCUT2D eigenvalue weighted by atomic mass is 16.5. The summed E-state index contributed by atoms with van der Waals surface area (Å²) in [6.07, 6.45) is 0. The zero-order valence-electron chi connectivity index (χ0n) is 19.9. The summed E-state index contributed by atoms with van der Waals surface area (Å²) < 4.78 is 15.8. The van der Waals surface area contributed by atoms with E-state index in [0.717, 1.165) is 5.56 Å². The van der Waals surface area contributed by atoms with E-state index in [4.69, 9.17) is 13.9 Å². The maximum atomic E-state index is 13.3. The van der Waals surface area contributed by atoms with E-state index in [9.17, 15) is 14.9 Å². The molecule has 2 aromatic carbocycles. The lowest BCUT2D eigenvalue weighted by Crippen LogP contribution is -2.14. The van der Waals surface area contributed by atoms with E-state index in [1.54, 1.807) is 6.92 Å². The van der Waals surface area contributed by atoms with Crippen LogP contribution >= 0.6 is 0 Å². The van der Waals surface area contributed by atoms with E-state index in [2.05, 4.69) is 15.5 Å². The maximum Gasteiger partial charge on any atom is 0.342 e. The second-order valence-corrected chi connectivity index (χ2v) is 7.57. The van der Waals surface area contributed by atoms with E-state index in [1.165, 1.54) is 14.0 Å². The third kappa shape index (κ3) is 4.52. The summed E-state index contributed by atoms with van der Waals surface area (Å²) in [5.74, 6) is -1.24. The molecule has 0 saturated carbocycles. The molecule has 0 unspecified atom stereocenters. The molecular weight excluding hydrogens is 460 g/mol. The minimum Gasteiger partial charge on any atom is -0.465 e. The van der Waals surface area contributed by atoms with Gasteiger partial charge in [-0.1, -0.05) is 60.7 Å². The molecule has 2 heterocycles. The topological polar surface area (TPSA) is 127 Å². The molecule has 0 spiro atoms. The smallest absolute Gasteiger partial charge is 0.342 e. The molecule has 4 aromatic rings. The van der Waals surface area contributed by atoms with Gasteiger partial charge in [0.25, 0.3) is 0 Å². The lowest BCUT2D eigenvalue weighted by molar-refractivity contribution is 0.0526. The number of rotatable bonds is 7. The van der Waals surface area contributed by atoms with Crippen LogP contribution in [0.4, 0.5) is 11.7 Å². The van der Waals surface area contributed by atoms with E-state index < -0.39 is 11.9 Å². The van der Waals surface area contributed by atoms with Gasteiger partial charge in [-0.2, -0.15) is 5.26 Å². The first-order valence-corrected chi connectivity index (χ1v) is 11.1. The summed E-state index contributed by atoms with van der Waals surface area (Å²) in [7, 11) is 1.21. The molecule has 4 rings (SSSR count). The number of carbonyl (C=O) groups excluding carboxylic acids is 2. The van der Waals surface area contributed by atoms with Crippen LogP contribution in [0, 0.1) is 18.3 Å². The monoisotopic (exact) mass is 482 g/mol. The average Bonchev–Trinajstić information content (AvgIpc) is 3.23. The zero-order valence-corrected chi connectivity index (χ0v) is 19.9. The summed E-state index contributed by atoms with van der Waals surface area (Å²) in [6.45, 7) is 3.36. The van der Waals surface area contributed by atoms with Gasteiger partial charge >= 0.3 is 11.9 Å². The van der Waals surface area contributed by atoms with Gasteiger partial charge in [-0.15, -0.1) is 10.2 Å². The van der Waals surface area contributed by atoms with Crippen LogP contribution < -0.4 is 5.32 Å². The number of carbonyl (C=O) groups is 2. The Balaban J connectivity index is 1.98. The number of hydrogen-bond acceptors (Lipinski definition) is 9. The van der Waals surface area contributed by atoms with Gasteiger partial charge in [0.2, 0.25) is 5.88 Å². The van der Waals surface area contributed by atoms with Crippen molar-refractivity contribution in [1.82, 2.24) is 10.2 Å². The molecular formula is C27H22N4O5. The van der Waals surface area contributed by atoms with Crippen LogP contribution in [0.5, 0.6) is 0 Å². The number of benzene rings is 2. The Labute approximate surface area is 207 Å². The van der Waals surface area contributed by atoms with Crippen LogP contribution in [0.1, 0.15) is 39.0 Å². The highest BCUT2D eigenvalue weighted by Crippen LogP contribution is 2.38. The first-order chi connectivity index (χ1) is 17.5. The Morgan fingerprint density at radius 2 is 1.61 bits per heavy atom. The van der Waals surface area contributed by atoms with Crippen LogP contribution in [-0.4, -0.2) is 35.9 Å². The molecule has 0 fully saturated rings. The van der Waals surface area contributed by atoms with Crippen molar-refractivity contribution in [2.75, 3.05) is 19.0 Å². The van der Waals surface area contributed by atoms with Crippen molar-refractivity contribution >= 4 is 23.6 Å². The van der Waals surface area contributed by atoms with Gasteiger partial charge in [-0.25, -0.2) is 9.59 Å². The van der Waals surface area contributed by atoms with Crippen molar-refractivity contribution in [3.63, 3.8) is 0 Å². The van der Waals surface area contributed by atoms with Gasteiger partial charge in [-0.05, 0) is 19.4 Å². The second-order valence-electron chi connectivity index (χ2n) is 7.57. The Hall–Kier alpha value is -4.97. The molecule has 0 radical (unpaired) electrons. The molecule has 0 atom stereocenters. The molecule has 36 heavy (non-hydrogen) atoms. The number of ether oxygens (including phenoxy) is 2. The highest BCUT2D eigenvalue weighted by Gasteiger charge is 2.29. The first-order valence-electron chi connectivity index (χ1n) is 11.1. The number of esters is 2. The number of furan rings is 1. The number of nitrogens with one attached hydrogen (secondary N) is 1. The Bertz CT molecular complexity index is 1460. The average molecular weight is 482 g/mol. The lowest BCUT2D eigenvalue weighted by atomic mass is 9.95. The highest BCUT2D eigenvalue weighted by molar-refractivity contribution is 6.06. The molecule has 180 valence electrons. The summed E-state index contributed by atoms with van der Waals surface area (Å²) in [5, 5.41) is 21.3. The fourth-order valence-electron chi connectivity index (χ4n) is 3.81. The van der Waals surface area contributed by atoms with Crippen molar-refractivity contribution < 1.29 is 23.5 Å². The van der Waals surface area contributed by atoms with Crippen molar-refractivity contribution in [2.24, 2.45) is 0 Å². The molecule has 0 aliphatic rings. The summed E-state index contributed by atoms with van der Waals surface area (Å²) in [4.78, 5) is 25.5. The van der Waals surface area contributed by atoms with E-state index in [-0.39, 0.29) is 40.8 Å². The molecule has 2 aromatic heterocycles. The van der Waals surface area contributed by atoms with Crippen molar-refractivity contribution in [3.05, 3.63) is 83.1 Å². The number of anilines is 2. The first kappa shape index (κ1) is 24.2. The van der Waals surface area contributed by atoms with Gasteiger partial charge in [0.1, 0.15) is 34.2 Å². The Morgan fingerprint density at radius 1 is 0.972 bits per heavy atom. The molecule has 0 bridgehead atoms. The normalized spacial score (nSPS) is 10.4. The van der Waals surface area contributed by atoms with E-state index in [1.807, 2.05) is 66.7 Å². The van der Waals surface area contributed by atoms with Gasteiger partial charge in [0, 0.05) is 11.1 Å². The zero-order chi connectivity index (χ0) is 25.7. The number of methoxy groups -OCH3 is 1. The number of aromatic nitrogens is 2. The maximum absolute atomic E-state index is 13.3. The van der Waals surface area contributed by atoms with E-state index in [0.29, 0.717) is 16.8 Å². The molecule has 9 heteroatoms. The minimum absolute atomic E-state index is 0.00801. The summed E-state index contributed by atoms with van der Waals surface area (Å²) in [6, 6.07) is 20.5. The molecule has 1 N–H and O–H groups in total. The third-order valence-electron chi connectivity index (χ3n) is 5.38. The predicted octanol–water partition coefficient (Wildman–Crippen LogP) is 5.29. The lowest BCUT2D eigenvalue weighted by Gasteiger charge is -2.17. The van der Waals surface area contributed by atoms with Crippen molar-refractivity contribution in [1.29, 1.82) is 5.26 Å². The third-order valence-corrected chi connectivity index (χ3v) is 5.38. The summed E-state index contributed by atoms with van der Waals surface area (Å²) in [5.41, 5.74) is 2.44. The number of hydrogen-bond donors (Lipinski definition) is 1. The van der Waals surface area contributed by atoms with E-state index >= 15 is 0 Å². The van der Waals surface area contributed by atoms with Crippen LogP contribution in [0.2, 0.25) is 0 Å². The quantitative estimate of drug-likeness (QED) is 0.349. The van der Waals surface area contributed by atoms with Gasteiger partial charge in [0.15, 0.2) is 5.82 Å². The van der Waals surface area contributed by atoms with Crippen molar-refractivity contribution in [3.8, 4) is 28.5 Å². The number of nitriles is 1. The van der Waals surface area contributed by atoms with Gasteiger partial charge in [0.05, 0.1) is 13.7 Å². The minimum atomic E-state index is -0.720. The fraction of sp³-hybridized carbons (Fsp3) is 0.148. The van der Waals surface area contributed by atoms with Crippen LogP contribution in [0.15, 0.2) is 65.1 Å². The molecule has 0 aliphatic heterocycles. The molecule has 0 saturated heterocycles. The number of aryl methyl sites for hydroxylation is 1. The second kappa shape index (κ2) is 10.5. The predicted molar refractivity (Wildman–Crippen MR) is 132 cm³/mol. The van der Waals surface area contributed by atoms with Crippen LogP contribution in [-0.2, 0) is 9.47 Å². The molecule has 0 amide bonds. The molecule has 0 aliphatic carbocycles. The Kier molecular flexibility index (Phi) is 7.07. The van der Waals surface area contributed by atoms with Gasteiger partial charge in [-0.3, -0.25) is 0 Å². The van der Waals surface area contributed by atoms with Crippen molar-refractivity contribution in [2.45, 2.75) is 13.8 Å². The fourth-order valence-corrected chi connectivity index (χ4v) is 3.81.